The summed E-state index contributed by atoms with van der Waals surface area (Å²) in [6.07, 6.45) is 7.64. The Bertz CT molecular complexity index is 413. The van der Waals surface area contributed by atoms with E-state index in [2.05, 4.69) is 32.9 Å². The van der Waals surface area contributed by atoms with E-state index in [9.17, 15) is 0 Å². The minimum absolute atomic E-state index is 0.641. The monoisotopic (exact) mass is 297 g/mol. The van der Waals surface area contributed by atoms with Crippen molar-refractivity contribution in [2.75, 3.05) is 11.9 Å². The first-order chi connectivity index (χ1) is 8.31. The molecule has 0 radical (unpaired) electrons. The van der Waals surface area contributed by atoms with Crippen molar-refractivity contribution in [3.05, 3.63) is 10.2 Å². The summed E-state index contributed by atoms with van der Waals surface area (Å²) >= 11 is 3.71. The zero-order valence-electron chi connectivity index (χ0n) is 10.4. The van der Waals surface area contributed by atoms with Crippen LogP contribution < -0.4 is 5.32 Å². The van der Waals surface area contributed by atoms with Crippen LogP contribution in [0.25, 0.3) is 0 Å². The number of nitrogens with one attached hydrogen (secondary N) is 1. The first kappa shape index (κ1) is 11.6. The number of anilines is 1. The summed E-state index contributed by atoms with van der Waals surface area (Å²) in [5.41, 5.74) is 1.22. The molecule has 1 aliphatic carbocycles. The lowest BCUT2D eigenvalue weighted by atomic mass is 9.83. The molecule has 2 unspecified atom stereocenters. The summed E-state index contributed by atoms with van der Waals surface area (Å²) in [7, 11) is 0. The summed E-state index contributed by atoms with van der Waals surface area (Å²) in [6, 6.07) is 0.641. The van der Waals surface area contributed by atoms with E-state index in [0.717, 1.165) is 25.3 Å². The molecule has 17 heavy (non-hydrogen) atoms. The fourth-order valence-corrected chi connectivity index (χ4v) is 3.83. The van der Waals surface area contributed by atoms with E-state index < -0.39 is 0 Å². The van der Waals surface area contributed by atoms with E-state index in [-0.39, 0.29) is 0 Å². The van der Waals surface area contributed by atoms with E-state index >= 15 is 0 Å². The van der Waals surface area contributed by atoms with Crippen molar-refractivity contribution in [2.45, 2.75) is 51.5 Å². The second kappa shape index (κ2) is 4.63. The number of aromatic nitrogens is 2. The van der Waals surface area contributed by atoms with E-state index in [1.807, 2.05) is 0 Å². The molecular formula is C13H20BrN3. The van der Waals surface area contributed by atoms with Crippen molar-refractivity contribution in [1.82, 2.24) is 9.78 Å². The lowest BCUT2D eigenvalue weighted by Gasteiger charge is -2.37. The third kappa shape index (κ3) is 1.90. The Hall–Kier alpha value is -0.510. The Kier molecular flexibility index (Phi) is 3.16. The molecule has 2 atom stereocenters. The number of rotatable bonds is 2. The molecular weight excluding hydrogens is 278 g/mol. The molecule has 1 saturated carbocycles. The molecule has 2 heterocycles. The first-order valence-electron chi connectivity index (χ1n) is 6.82. The van der Waals surface area contributed by atoms with Crippen LogP contribution >= 0.6 is 15.9 Å². The predicted octanol–water partition coefficient (Wildman–Crippen LogP) is 3.75. The fourth-order valence-electron chi connectivity index (χ4n) is 3.23. The van der Waals surface area contributed by atoms with Gasteiger partial charge < -0.3 is 5.32 Å². The zero-order chi connectivity index (χ0) is 11.8. The second-order valence-corrected chi connectivity index (χ2v) is 6.09. The average molecular weight is 298 g/mol. The highest BCUT2D eigenvalue weighted by molar-refractivity contribution is 9.10. The van der Waals surface area contributed by atoms with Gasteiger partial charge in [0.1, 0.15) is 5.82 Å². The highest BCUT2D eigenvalue weighted by Gasteiger charge is 2.34. The fraction of sp³-hybridized carbons (Fsp3) is 0.769. The molecule has 3 rings (SSSR count). The van der Waals surface area contributed by atoms with Gasteiger partial charge in [-0.3, -0.25) is 0 Å². The molecule has 2 aliphatic rings. The molecule has 1 N–H and O–H groups in total. The Morgan fingerprint density at radius 2 is 2.24 bits per heavy atom. The van der Waals surface area contributed by atoms with Crippen molar-refractivity contribution in [3.63, 3.8) is 0 Å². The standard InChI is InChI=1S/C13H20BrN3/c1-2-5-10-12(14)13-15-8-9-6-3-4-7-11(9)17(13)16-10/h9,11,15H,2-8H2,1H3. The number of halogens is 1. The average Bonchev–Trinajstić information content (AvgIpc) is 2.68. The van der Waals surface area contributed by atoms with Crippen molar-refractivity contribution < 1.29 is 0 Å². The summed E-state index contributed by atoms with van der Waals surface area (Å²) < 4.78 is 3.46. The summed E-state index contributed by atoms with van der Waals surface area (Å²) in [4.78, 5) is 0. The van der Waals surface area contributed by atoms with Crippen LogP contribution in [0.4, 0.5) is 5.82 Å². The summed E-state index contributed by atoms with van der Waals surface area (Å²) in [5, 5.41) is 8.39. The van der Waals surface area contributed by atoms with Gasteiger partial charge in [0.05, 0.1) is 16.2 Å². The highest BCUT2D eigenvalue weighted by atomic mass is 79.9. The van der Waals surface area contributed by atoms with Gasteiger partial charge in [0.2, 0.25) is 0 Å². The van der Waals surface area contributed by atoms with Crippen LogP contribution in [0.3, 0.4) is 0 Å². The van der Waals surface area contributed by atoms with E-state index in [1.54, 1.807) is 0 Å². The van der Waals surface area contributed by atoms with Gasteiger partial charge in [0.15, 0.2) is 0 Å². The minimum Gasteiger partial charge on any atom is -0.369 e. The van der Waals surface area contributed by atoms with Gasteiger partial charge in [-0.05, 0) is 41.1 Å². The molecule has 0 saturated heterocycles. The maximum atomic E-state index is 4.83. The minimum atomic E-state index is 0.641. The second-order valence-electron chi connectivity index (χ2n) is 5.30. The quantitative estimate of drug-likeness (QED) is 0.901. The molecule has 1 fully saturated rings. The van der Waals surface area contributed by atoms with E-state index in [0.29, 0.717) is 6.04 Å². The van der Waals surface area contributed by atoms with Gasteiger partial charge >= 0.3 is 0 Å². The SMILES string of the molecule is CCCc1nn2c(c1Br)NCC1CCCCC12. The van der Waals surface area contributed by atoms with Gasteiger partial charge in [-0.25, -0.2) is 4.68 Å². The number of nitrogens with zero attached hydrogens (tertiary/aromatic N) is 2. The number of hydrogen-bond donors (Lipinski definition) is 1. The Morgan fingerprint density at radius 1 is 1.41 bits per heavy atom. The maximum absolute atomic E-state index is 4.83. The molecule has 4 heteroatoms. The highest BCUT2D eigenvalue weighted by Crippen LogP contribution is 2.42. The Balaban J connectivity index is 1.96. The first-order valence-corrected chi connectivity index (χ1v) is 7.61. The van der Waals surface area contributed by atoms with Crippen LogP contribution in [0, 0.1) is 5.92 Å². The van der Waals surface area contributed by atoms with Gasteiger partial charge in [0, 0.05) is 6.54 Å². The summed E-state index contributed by atoms with van der Waals surface area (Å²) in [5.74, 6) is 2.01. The van der Waals surface area contributed by atoms with E-state index in [1.165, 1.54) is 41.7 Å². The van der Waals surface area contributed by atoms with Crippen LogP contribution in [0.1, 0.15) is 50.8 Å². The zero-order valence-corrected chi connectivity index (χ0v) is 12.0. The van der Waals surface area contributed by atoms with Gasteiger partial charge in [-0.2, -0.15) is 5.10 Å². The number of aryl methyl sites for hydroxylation is 1. The Morgan fingerprint density at radius 3 is 3.06 bits per heavy atom. The van der Waals surface area contributed by atoms with Crippen LogP contribution in [0.2, 0.25) is 0 Å². The molecule has 0 amide bonds. The largest absolute Gasteiger partial charge is 0.369 e. The lowest BCUT2D eigenvalue weighted by molar-refractivity contribution is 0.222. The van der Waals surface area contributed by atoms with Gasteiger partial charge in [-0.15, -0.1) is 0 Å². The lowest BCUT2D eigenvalue weighted by Crippen LogP contribution is -2.35. The smallest absolute Gasteiger partial charge is 0.139 e. The molecule has 0 bridgehead atoms. The number of hydrogen-bond acceptors (Lipinski definition) is 2. The normalized spacial score (nSPS) is 27.2. The Labute approximate surface area is 111 Å². The molecule has 3 nitrogen and oxygen atoms in total. The molecule has 0 aromatic carbocycles. The summed E-state index contributed by atoms with van der Waals surface area (Å²) in [6.45, 7) is 3.34. The topological polar surface area (TPSA) is 29.9 Å². The van der Waals surface area contributed by atoms with Gasteiger partial charge in [0.25, 0.3) is 0 Å². The maximum Gasteiger partial charge on any atom is 0.139 e. The van der Waals surface area contributed by atoms with Crippen molar-refractivity contribution >= 4 is 21.7 Å². The molecule has 94 valence electrons. The van der Waals surface area contributed by atoms with Crippen LogP contribution in [-0.4, -0.2) is 16.3 Å². The molecule has 1 aliphatic heterocycles. The third-order valence-electron chi connectivity index (χ3n) is 4.12. The van der Waals surface area contributed by atoms with Crippen molar-refractivity contribution in [3.8, 4) is 0 Å². The third-order valence-corrected chi connectivity index (χ3v) is 4.95. The predicted molar refractivity (Wildman–Crippen MR) is 73.4 cm³/mol. The van der Waals surface area contributed by atoms with Crippen molar-refractivity contribution in [1.29, 1.82) is 0 Å². The molecule has 1 aromatic rings. The number of fused-ring (bicyclic) bond motifs is 3. The van der Waals surface area contributed by atoms with Crippen LogP contribution in [0.5, 0.6) is 0 Å². The van der Waals surface area contributed by atoms with Gasteiger partial charge in [-0.1, -0.05) is 26.2 Å². The van der Waals surface area contributed by atoms with E-state index in [4.69, 9.17) is 5.10 Å². The molecule has 1 aromatic heterocycles. The van der Waals surface area contributed by atoms with Crippen LogP contribution in [0.15, 0.2) is 4.47 Å². The van der Waals surface area contributed by atoms with Crippen molar-refractivity contribution in [2.24, 2.45) is 5.92 Å². The molecule has 0 spiro atoms. The van der Waals surface area contributed by atoms with Crippen LogP contribution in [-0.2, 0) is 6.42 Å².